The Hall–Kier alpha value is 0.310. The SMILES string of the molecule is CC(C)CSCC[C@H]1CCCCN1. The maximum Gasteiger partial charge on any atom is 0.00749 e. The summed E-state index contributed by atoms with van der Waals surface area (Å²) in [5.74, 6) is 3.52. The Morgan fingerprint density at radius 3 is 2.85 bits per heavy atom. The number of nitrogens with one attached hydrogen (secondary N) is 1. The zero-order chi connectivity index (χ0) is 9.52. The van der Waals surface area contributed by atoms with Gasteiger partial charge in [-0.2, -0.15) is 11.8 Å². The van der Waals surface area contributed by atoms with Gasteiger partial charge >= 0.3 is 0 Å². The highest BCUT2D eigenvalue weighted by molar-refractivity contribution is 7.99. The molecule has 0 saturated carbocycles. The molecule has 1 N–H and O–H groups in total. The van der Waals surface area contributed by atoms with Gasteiger partial charge < -0.3 is 5.32 Å². The van der Waals surface area contributed by atoms with Crippen molar-refractivity contribution in [3.63, 3.8) is 0 Å². The van der Waals surface area contributed by atoms with Gasteiger partial charge in [-0.15, -0.1) is 0 Å². The summed E-state index contributed by atoms with van der Waals surface area (Å²) in [4.78, 5) is 0. The van der Waals surface area contributed by atoms with E-state index in [4.69, 9.17) is 0 Å². The second-order valence-electron chi connectivity index (χ2n) is 4.40. The summed E-state index contributed by atoms with van der Waals surface area (Å²) < 4.78 is 0. The molecule has 1 rings (SSSR count). The predicted octanol–water partition coefficient (Wildman–Crippen LogP) is 2.91. The lowest BCUT2D eigenvalue weighted by atomic mass is 10.0. The number of hydrogen-bond acceptors (Lipinski definition) is 2. The molecule has 1 nitrogen and oxygen atoms in total. The maximum absolute atomic E-state index is 3.59. The third-order valence-electron chi connectivity index (χ3n) is 2.47. The van der Waals surface area contributed by atoms with E-state index in [1.807, 2.05) is 0 Å². The van der Waals surface area contributed by atoms with Crippen molar-refractivity contribution < 1.29 is 0 Å². The first-order valence-corrected chi connectivity index (χ1v) is 6.75. The fourth-order valence-corrected chi connectivity index (χ4v) is 2.80. The molecule has 78 valence electrons. The third-order valence-corrected chi connectivity index (χ3v) is 3.90. The van der Waals surface area contributed by atoms with Crippen LogP contribution in [-0.4, -0.2) is 24.1 Å². The van der Waals surface area contributed by atoms with E-state index in [-0.39, 0.29) is 0 Å². The van der Waals surface area contributed by atoms with Crippen LogP contribution < -0.4 is 5.32 Å². The van der Waals surface area contributed by atoms with E-state index in [1.54, 1.807) is 0 Å². The number of rotatable bonds is 5. The first-order chi connectivity index (χ1) is 6.29. The molecule has 0 aromatic heterocycles. The van der Waals surface area contributed by atoms with Gasteiger partial charge in [-0.25, -0.2) is 0 Å². The van der Waals surface area contributed by atoms with E-state index < -0.39 is 0 Å². The summed E-state index contributed by atoms with van der Waals surface area (Å²) >= 11 is 2.11. The fraction of sp³-hybridized carbons (Fsp3) is 1.00. The van der Waals surface area contributed by atoms with Crippen LogP contribution in [0.3, 0.4) is 0 Å². The second kappa shape index (κ2) is 6.72. The number of thioether (sulfide) groups is 1. The molecule has 1 fully saturated rings. The minimum atomic E-state index is 0.827. The molecule has 1 saturated heterocycles. The Bertz CT molecular complexity index is 119. The van der Waals surface area contributed by atoms with Crippen LogP contribution in [0.5, 0.6) is 0 Å². The number of hydrogen-bond donors (Lipinski definition) is 1. The third kappa shape index (κ3) is 5.58. The molecule has 0 unspecified atom stereocenters. The average molecular weight is 201 g/mol. The minimum Gasteiger partial charge on any atom is -0.314 e. The summed E-state index contributed by atoms with van der Waals surface area (Å²) in [6, 6.07) is 0.827. The van der Waals surface area contributed by atoms with E-state index in [1.165, 1.54) is 43.7 Å². The lowest BCUT2D eigenvalue weighted by Crippen LogP contribution is -2.34. The van der Waals surface area contributed by atoms with E-state index in [9.17, 15) is 0 Å². The van der Waals surface area contributed by atoms with Crippen molar-refractivity contribution >= 4 is 11.8 Å². The molecule has 0 aromatic rings. The summed E-state index contributed by atoms with van der Waals surface area (Å²) in [5.41, 5.74) is 0. The van der Waals surface area contributed by atoms with Gasteiger partial charge in [0.15, 0.2) is 0 Å². The monoisotopic (exact) mass is 201 g/mol. The molecule has 1 aliphatic heterocycles. The Morgan fingerprint density at radius 1 is 1.38 bits per heavy atom. The molecule has 0 aliphatic carbocycles. The molecule has 2 heteroatoms. The standard InChI is InChI=1S/C11H23NS/c1-10(2)9-13-8-6-11-5-3-4-7-12-11/h10-12H,3-9H2,1-2H3/t11-/m1/s1. The van der Waals surface area contributed by atoms with Crippen molar-refractivity contribution in [2.75, 3.05) is 18.1 Å². The molecular weight excluding hydrogens is 178 g/mol. The Balaban J connectivity index is 1.92. The lowest BCUT2D eigenvalue weighted by Gasteiger charge is -2.23. The molecular formula is C11H23NS. The van der Waals surface area contributed by atoms with Crippen LogP contribution in [0.15, 0.2) is 0 Å². The van der Waals surface area contributed by atoms with E-state index in [0.29, 0.717) is 0 Å². The van der Waals surface area contributed by atoms with Crippen LogP contribution in [0, 0.1) is 5.92 Å². The first-order valence-electron chi connectivity index (χ1n) is 5.60. The zero-order valence-corrected chi connectivity index (χ0v) is 9.83. The van der Waals surface area contributed by atoms with Gasteiger partial charge in [-0.1, -0.05) is 20.3 Å². The predicted molar refractivity (Wildman–Crippen MR) is 62.4 cm³/mol. The minimum absolute atomic E-state index is 0.827. The van der Waals surface area contributed by atoms with Gasteiger partial charge in [0.1, 0.15) is 0 Å². The molecule has 0 bridgehead atoms. The maximum atomic E-state index is 3.59. The van der Waals surface area contributed by atoms with Crippen molar-refractivity contribution in [1.82, 2.24) is 5.32 Å². The highest BCUT2D eigenvalue weighted by atomic mass is 32.2. The van der Waals surface area contributed by atoms with Crippen molar-refractivity contribution in [3.05, 3.63) is 0 Å². The summed E-state index contributed by atoms with van der Waals surface area (Å²) in [5, 5.41) is 3.59. The molecule has 13 heavy (non-hydrogen) atoms. The average Bonchev–Trinajstić information content (AvgIpc) is 2.14. The summed E-state index contributed by atoms with van der Waals surface area (Å²) in [7, 11) is 0. The van der Waals surface area contributed by atoms with Gasteiger partial charge in [0.2, 0.25) is 0 Å². The summed E-state index contributed by atoms with van der Waals surface area (Å²) in [6.45, 7) is 5.84. The fourth-order valence-electron chi connectivity index (χ4n) is 1.72. The molecule has 0 spiro atoms. The van der Waals surface area contributed by atoms with Crippen LogP contribution in [0.4, 0.5) is 0 Å². The van der Waals surface area contributed by atoms with Crippen LogP contribution >= 0.6 is 11.8 Å². The topological polar surface area (TPSA) is 12.0 Å². The number of piperidine rings is 1. The van der Waals surface area contributed by atoms with E-state index >= 15 is 0 Å². The van der Waals surface area contributed by atoms with Gasteiger partial charge in [0.05, 0.1) is 0 Å². The van der Waals surface area contributed by atoms with Gasteiger partial charge in [-0.3, -0.25) is 0 Å². The van der Waals surface area contributed by atoms with Gasteiger partial charge in [-0.05, 0) is 43.2 Å². The van der Waals surface area contributed by atoms with Crippen molar-refractivity contribution in [1.29, 1.82) is 0 Å². The second-order valence-corrected chi connectivity index (χ2v) is 5.55. The van der Waals surface area contributed by atoms with Gasteiger partial charge in [0, 0.05) is 6.04 Å². The van der Waals surface area contributed by atoms with Crippen LogP contribution in [0.2, 0.25) is 0 Å². The van der Waals surface area contributed by atoms with E-state index in [0.717, 1.165) is 12.0 Å². The molecule has 1 atom stereocenters. The van der Waals surface area contributed by atoms with Crippen LogP contribution in [0.1, 0.15) is 39.5 Å². The highest BCUT2D eigenvalue weighted by Crippen LogP contribution is 2.14. The van der Waals surface area contributed by atoms with Crippen LogP contribution in [0.25, 0.3) is 0 Å². The smallest absolute Gasteiger partial charge is 0.00749 e. The van der Waals surface area contributed by atoms with Crippen molar-refractivity contribution in [3.8, 4) is 0 Å². The van der Waals surface area contributed by atoms with Crippen LogP contribution in [-0.2, 0) is 0 Å². The Labute approximate surface area is 87.1 Å². The molecule has 0 aromatic carbocycles. The zero-order valence-electron chi connectivity index (χ0n) is 9.01. The lowest BCUT2D eigenvalue weighted by molar-refractivity contribution is 0.394. The molecule has 0 radical (unpaired) electrons. The summed E-state index contributed by atoms with van der Waals surface area (Å²) in [6.07, 6.45) is 5.60. The normalized spacial score (nSPS) is 23.8. The first kappa shape index (κ1) is 11.4. The van der Waals surface area contributed by atoms with Crippen molar-refractivity contribution in [2.24, 2.45) is 5.92 Å². The van der Waals surface area contributed by atoms with Gasteiger partial charge in [0.25, 0.3) is 0 Å². The van der Waals surface area contributed by atoms with Crippen molar-refractivity contribution in [2.45, 2.75) is 45.6 Å². The highest BCUT2D eigenvalue weighted by Gasteiger charge is 2.11. The largest absolute Gasteiger partial charge is 0.314 e. The Kier molecular flexibility index (Phi) is 5.88. The Morgan fingerprint density at radius 2 is 2.23 bits per heavy atom. The van der Waals surface area contributed by atoms with E-state index in [2.05, 4.69) is 30.9 Å². The molecule has 1 heterocycles. The molecule has 1 aliphatic rings. The molecule has 0 amide bonds. The quantitative estimate of drug-likeness (QED) is 0.686.